The van der Waals surface area contributed by atoms with Crippen LogP contribution in [0.4, 0.5) is 33.2 Å². The molecule has 1 saturated heterocycles. The number of pyridine rings is 3. The summed E-state index contributed by atoms with van der Waals surface area (Å²) >= 11 is 0. The Hall–Kier alpha value is -14.1. The molecule has 21 nitrogen and oxygen atoms in total. The Bertz CT molecular complexity index is 5620. The van der Waals surface area contributed by atoms with Gasteiger partial charge in [0.15, 0.2) is 17.1 Å². The quantitative estimate of drug-likeness (QED) is 0.0354. The van der Waals surface area contributed by atoms with Gasteiger partial charge in [-0.05, 0) is 205 Å². The number of aromatic amines is 3. The van der Waals surface area contributed by atoms with E-state index in [4.69, 9.17) is 0 Å². The lowest BCUT2D eigenvalue weighted by Crippen LogP contribution is -2.27. The molecule has 0 atom stereocenters. The average Bonchev–Trinajstić information content (AvgIpc) is 1.69. The van der Waals surface area contributed by atoms with Gasteiger partial charge in [0.05, 0.1) is 40.3 Å². The van der Waals surface area contributed by atoms with Crippen LogP contribution in [0.25, 0.3) is 66.1 Å². The number of nitrogens with zero attached hydrogens (tertiary/aromatic N) is 8. The molecule has 7 heterocycles. The van der Waals surface area contributed by atoms with Gasteiger partial charge in [0.25, 0.3) is 17.7 Å². The number of fused-ring (bicyclic) bond motifs is 3. The van der Waals surface area contributed by atoms with Crippen LogP contribution in [0.1, 0.15) is 96.1 Å². The summed E-state index contributed by atoms with van der Waals surface area (Å²) in [7, 11) is 3.34. The second-order valence-corrected chi connectivity index (χ2v) is 28.0. The molecule has 6 amide bonds. The van der Waals surface area contributed by atoms with Gasteiger partial charge in [-0.15, -0.1) is 0 Å². The second-order valence-electron chi connectivity index (χ2n) is 28.0. The standard InChI is InChI=1S/C31H29N5O.C30H25N5O2.C29H26N6O2/c37-31(33-27-10-6-9-23(17-27)15-22-7-2-1-3-8-22)30-28-18-25(11-12-29(28)34-35-30)26-16-24(19-32-20-26)21-36-13-4-5-14-36;36-29(21-9-10-21)33-25-15-23(17-31-18-25)22-11-12-27-26(16-22)28(35-34-27)30(37)32-24-8-4-7-20(14-24)13-19-5-2-1-3-6-19;1-35(2)29(37)32-24-15-22(17-30-18-24)21-11-12-26-25(16-21)27(34-33-26)28(36)31-23-10-6-9-20(14-23)13-19-7-4-3-5-8-19/h1-3,6-12,16-20H,4-5,13-15,21H2,(H,33,37)(H,34,35);1-8,11-12,14-18,21H,9-10,13H2,(H,32,37)(H,33,36)(H,34,35);3-12,14-18H,13H2,1-2H3,(H,31,36)(H,32,37)(H,33,34). The van der Waals surface area contributed by atoms with Crippen molar-refractivity contribution in [3.63, 3.8) is 0 Å². The lowest BCUT2D eigenvalue weighted by Gasteiger charge is -2.14. The summed E-state index contributed by atoms with van der Waals surface area (Å²) in [5, 5.41) is 38.7. The van der Waals surface area contributed by atoms with E-state index in [1.165, 1.54) is 40.0 Å². The van der Waals surface area contributed by atoms with Gasteiger partial charge < -0.3 is 31.5 Å². The Morgan fingerprint density at radius 2 is 0.730 bits per heavy atom. The van der Waals surface area contributed by atoms with Crippen molar-refractivity contribution in [2.24, 2.45) is 5.92 Å². The molecule has 1 saturated carbocycles. The fraction of sp³-hybridized carbons (Fsp3) is 0.144. The summed E-state index contributed by atoms with van der Waals surface area (Å²) in [5.41, 5.74) is 20.4. The summed E-state index contributed by atoms with van der Waals surface area (Å²) in [6.45, 7) is 3.23. The van der Waals surface area contributed by atoms with E-state index < -0.39 is 0 Å². The monoisotopic (exact) mass is 1460 g/mol. The summed E-state index contributed by atoms with van der Waals surface area (Å²) in [6, 6.07) is 77.6. The molecule has 2 aliphatic rings. The molecule has 1 aliphatic heterocycles. The summed E-state index contributed by atoms with van der Waals surface area (Å²) in [4.78, 5) is 80.8. The number of rotatable bonds is 20. The van der Waals surface area contributed by atoms with E-state index in [0.717, 1.165) is 129 Å². The molecule has 0 radical (unpaired) electrons. The number of urea groups is 1. The summed E-state index contributed by atoms with van der Waals surface area (Å²) in [6.07, 6.45) is 17.3. The first-order valence-electron chi connectivity index (χ1n) is 36.9. The minimum absolute atomic E-state index is 0.0380. The van der Waals surface area contributed by atoms with Crippen LogP contribution >= 0.6 is 0 Å². The predicted octanol–water partition coefficient (Wildman–Crippen LogP) is 17.4. The Morgan fingerprint density at radius 3 is 1.12 bits per heavy atom. The molecule has 0 unspecified atom stereocenters. The van der Waals surface area contributed by atoms with Crippen LogP contribution in [0.3, 0.4) is 0 Å². The Morgan fingerprint density at radius 1 is 0.360 bits per heavy atom. The number of anilines is 5. The van der Waals surface area contributed by atoms with E-state index in [1.54, 1.807) is 38.9 Å². The first-order valence-corrected chi connectivity index (χ1v) is 36.9. The predicted molar refractivity (Wildman–Crippen MR) is 437 cm³/mol. The van der Waals surface area contributed by atoms with Gasteiger partial charge in [-0.3, -0.25) is 54.3 Å². The van der Waals surface area contributed by atoms with Gasteiger partial charge in [0.2, 0.25) is 5.91 Å². The molecule has 550 valence electrons. The molecule has 8 N–H and O–H groups in total. The van der Waals surface area contributed by atoms with E-state index >= 15 is 0 Å². The Balaban J connectivity index is 0.000000132. The highest BCUT2D eigenvalue weighted by Crippen LogP contribution is 2.34. The van der Waals surface area contributed by atoms with Crippen LogP contribution in [0, 0.1) is 5.92 Å². The van der Waals surface area contributed by atoms with Crippen LogP contribution in [-0.4, -0.2) is 112 Å². The molecule has 15 aromatic rings. The van der Waals surface area contributed by atoms with Gasteiger partial charge in [-0.2, -0.15) is 15.3 Å². The van der Waals surface area contributed by atoms with Gasteiger partial charge in [0.1, 0.15) is 0 Å². The number of hydrogen-bond donors (Lipinski definition) is 8. The Kier molecular flexibility index (Phi) is 22.1. The maximum absolute atomic E-state index is 13.2. The molecule has 0 spiro atoms. The zero-order valence-corrected chi connectivity index (χ0v) is 61.2. The molecule has 1 aliphatic carbocycles. The number of aromatic nitrogens is 9. The highest BCUT2D eigenvalue weighted by molar-refractivity contribution is 6.14. The van der Waals surface area contributed by atoms with Gasteiger partial charge in [0, 0.05) is 101 Å². The third-order valence-corrected chi connectivity index (χ3v) is 19.4. The van der Waals surface area contributed by atoms with Crippen molar-refractivity contribution >= 4 is 90.8 Å². The van der Waals surface area contributed by atoms with E-state index in [1.807, 2.05) is 200 Å². The van der Waals surface area contributed by atoms with Crippen molar-refractivity contribution in [2.75, 3.05) is 53.8 Å². The molecule has 111 heavy (non-hydrogen) atoms. The zero-order chi connectivity index (χ0) is 76.0. The first-order chi connectivity index (χ1) is 54.3. The normalized spacial score (nSPS) is 12.5. The van der Waals surface area contributed by atoms with Crippen molar-refractivity contribution in [1.82, 2.24) is 55.3 Å². The highest BCUT2D eigenvalue weighted by atomic mass is 16.2. The lowest BCUT2D eigenvalue weighted by molar-refractivity contribution is -0.117. The van der Waals surface area contributed by atoms with Gasteiger partial charge in [-0.25, -0.2) is 4.79 Å². The van der Waals surface area contributed by atoms with Crippen molar-refractivity contribution in [3.8, 4) is 33.4 Å². The number of hydrogen-bond acceptors (Lipinski definition) is 12. The molecule has 6 aromatic heterocycles. The van der Waals surface area contributed by atoms with Crippen LogP contribution in [-0.2, 0) is 30.6 Å². The molecular formula is C90H80N16O5. The maximum Gasteiger partial charge on any atom is 0.321 e. The van der Waals surface area contributed by atoms with Crippen LogP contribution in [0.2, 0.25) is 0 Å². The van der Waals surface area contributed by atoms with Crippen molar-refractivity contribution in [1.29, 1.82) is 0 Å². The Labute approximate surface area is 641 Å². The number of nitrogens with one attached hydrogen (secondary N) is 8. The van der Waals surface area contributed by atoms with Gasteiger partial charge in [-0.1, -0.05) is 146 Å². The summed E-state index contributed by atoms with van der Waals surface area (Å²) < 4.78 is 0. The molecular weight excluding hydrogens is 1390 g/mol. The lowest BCUT2D eigenvalue weighted by atomic mass is 10.0. The molecule has 0 bridgehead atoms. The third kappa shape index (κ3) is 18.5. The van der Waals surface area contributed by atoms with Crippen LogP contribution < -0.4 is 26.6 Å². The van der Waals surface area contributed by atoms with E-state index in [9.17, 15) is 24.0 Å². The second kappa shape index (κ2) is 33.8. The fourth-order valence-electron chi connectivity index (χ4n) is 13.5. The van der Waals surface area contributed by atoms with Crippen molar-refractivity contribution in [2.45, 2.75) is 51.5 Å². The third-order valence-electron chi connectivity index (χ3n) is 19.4. The number of H-pyrrole nitrogens is 3. The fourth-order valence-corrected chi connectivity index (χ4v) is 13.5. The zero-order valence-electron chi connectivity index (χ0n) is 61.2. The molecule has 9 aromatic carbocycles. The number of benzene rings is 9. The van der Waals surface area contributed by atoms with Crippen LogP contribution in [0.15, 0.2) is 274 Å². The molecule has 17 rings (SSSR count). The van der Waals surface area contributed by atoms with Crippen molar-refractivity contribution in [3.05, 3.63) is 330 Å². The number of amides is 6. The average molecular weight is 1470 g/mol. The first kappa shape index (κ1) is 72.5. The number of likely N-dealkylation sites (tertiary alicyclic amines) is 1. The van der Waals surface area contributed by atoms with E-state index in [2.05, 4.69) is 126 Å². The number of carbonyl (C=O) groups is 5. The molecule has 2 fully saturated rings. The van der Waals surface area contributed by atoms with Crippen LogP contribution in [0.5, 0.6) is 0 Å². The topological polar surface area (TPSA) is 277 Å². The van der Waals surface area contributed by atoms with E-state index in [0.29, 0.717) is 50.6 Å². The SMILES string of the molecule is CN(C)C(=O)Nc1cncc(-c2ccc3[nH]nc(C(=O)Nc4cccc(Cc5ccccc5)c4)c3c2)c1.O=C(Nc1cccc(Cc2ccccc2)c1)c1n[nH]c2ccc(-c3cncc(CN4CCCC4)c3)cc12.O=C(Nc1cccc(Cc2ccccc2)c1)c1n[nH]c2ccc(-c3cncc(NC(=O)C4CC4)c3)cc12. The number of carbonyl (C=O) groups excluding carboxylic acids is 5. The minimum Gasteiger partial charge on any atom is -0.331 e. The molecule has 21 heteroatoms. The van der Waals surface area contributed by atoms with Gasteiger partial charge >= 0.3 is 6.03 Å². The largest absolute Gasteiger partial charge is 0.331 e. The highest BCUT2D eigenvalue weighted by Gasteiger charge is 2.30. The van der Waals surface area contributed by atoms with E-state index in [-0.39, 0.29) is 35.6 Å². The van der Waals surface area contributed by atoms with Crippen molar-refractivity contribution < 1.29 is 24.0 Å². The summed E-state index contributed by atoms with van der Waals surface area (Å²) in [5.74, 6) is -0.669. The minimum atomic E-state index is -0.301. The smallest absolute Gasteiger partial charge is 0.321 e. The maximum atomic E-state index is 13.2.